The topological polar surface area (TPSA) is 66.9 Å². The molecule has 2 aromatic carbocycles. The minimum Gasteiger partial charge on any atom is -0.493 e. The fourth-order valence-electron chi connectivity index (χ4n) is 3.61. The van der Waals surface area contributed by atoms with Crippen molar-refractivity contribution in [2.24, 2.45) is 0 Å². The maximum absolute atomic E-state index is 12.8. The van der Waals surface area contributed by atoms with E-state index in [2.05, 4.69) is 28.7 Å². The summed E-state index contributed by atoms with van der Waals surface area (Å²) in [7, 11) is 0. The Morgan fingerprint density at radius 1 is 1.19 bits per heavy atom. The Morgan fingerprint density at radius 3 is 2.71 bits per heavy atom. The van der Waals surface area contributed by atoms with Gasteiger partial charge in [-0.3, -0.25) is 19.3 Å². The van der Waals surface area contributed by atoms with E-state index in [1.807, 2.05) is 43.3 Å². The van der Waals surface area contributed by atoms with Gasteiger partial charge in [0.05, 0.1) is 15.1 Å². The number of carbonyl (C=O) groups is 3. The molecule has 31 heavy (non-hydrogen) atoms. The van der Waals surface area contributed by atoms with Crippen molar-refractivity contribution in [1.82, 2.24) is 9.80 Å². The van der Waals surface area contributed by atoms with Crippen molar-refractivity contribution in [2.75, 3.05) is 19.7 Å². The first-order valence-corrected chi connectivity index (χ1v) is 11.9. The average Bonchev–Trinajstić information content (AvgIpc) is 3.02. The van der Waals surface area contributed by atoms with E-state index in [0.717, 1.165) is 43.5 Å². The highest BCUT2D eigenvalue weighted by molar-refractivity contribution is 14.1. The summed E-state index contributed by atoms with van der Waals surface area (Å²) in [6, 6.07) is 13.6. The maximum Gasteiger partial charge on any atom is 0.294 e. The molecule has 4 rings (SSSR count). The van der Waals surface area contributed by atoms with Crippen LogP contribution in [0.1, 0.15) is 23.6 Å². The van der Waals surface area contributed by atoms with Gasteiger partial charge in [-0.25, -0.2) is 0 Å². The van der Waals surface area contributed by atoms with Crippen molar-refractivity contribution in [1.29, 1.82) is 0 Å². The number of imide groups is 1. The highest BCUT2D eigenvalue weighted by Crippen LogP contribution is 2.33. The van der Waals surface area contributed by atoms with Gasteiger partial charge in [0.15, 0.2) is 0 Å². The van der Waals surface area contributed by atoms with Gasteiger partial charge >= 0.3 is 0 Å². The van der Waals surface area contributed by atoms with Crippen molar-refractivity contribution < 1.29 is 19.1 Å². The first-order valence-electron chi connectivity index (χ1n) is 9.98. The van der Waals surface area contributed by atoms with Crippen LogP contribution in [0.25, 0.3) is 6.08 Å². The normalized spacial score (nSPS) is 17.3. The lowest BCUT2D eigenvalue weighted by atomic mass is 10.00. The standard InChI is InChI=1S/C23H21IN2O4S/c1-2-30-19-8-7-15(11-18(19)24)12-20-22(28)26(23(29)31-20)14-21(27)25-10-9-16-5-3-4-6-17(16)13-25/h3-8,11-12H,2,9-10,13-14H2,1H3/b20-12-. The zero-order valence-electron chi connectivity index (χ0n) is 17.0. The van der Waals surface area contributed by atoms with Crippen LogP contribution in [0, 0.1) is 3.57 Å². The number of benzene rings is 2. The molecule has 1 fully saturated rings. The Hall–Kier alpha value is -2.33. The molecule has 2 heterocycles. The fourth-order valence-corrected chi connectivity index (χ4v) is 5.14. The molecule has 0 saturated carbocycles. The molecule has 0 spiro atoms. The van der Waals surface area contributed by atoms with Crippen LogP contribution in [-0.2, 0) is 22.6 Å². The monoisotopic (exact) mass is 548 g/mol. The van der Waals surface area contributed by atoms with E-state index in [-0.39, 0.29) is 12.5 Å². The van der Waals surface area contributed by atoms with E-state index in [9.17, 15) is 14.4 Å². The maximum atomic E-state index is 12.8. The lowest BCUT2D eigenvalue weighted by molar-refractivity contribution is -0.136. The van der Waals surface area contributed by atoms with Crippen LogP contribution in [0.3, 0.4) is 0 Å². The molecule has 6 nitrogen and oxygen atoms in total. The van der Waals surface area contributed by atoms with Crippen LogP contribution in [0.4, 0.5) is 4.79 Å². The number of nitrogens with zero attached hydrogens (tertiary/aromatic N) is 2. The molecular weight excluding hydrogens is 527 g/mol. The third kappa shape index (κ3) is 4.79. The van der Waals surface area contributed by atoms with E-state index >= 15 is 0 Å². The van der Waals surface area contributed by atoms with Gasteiger partial charge in [-0.1, -0.05) is 30.3 Å². The van der Waals surface area contributed by atoms with Crippen molar-refractivity contribution in [3.05, 3.63) is 67.6 Å². The smallest absolute Gasteiger partial charge is 0.294 e. The van der Waals surface area contributed by atoms with Crippen molar-refractivity contribution >= 4 is 57.5 Å². The first kappa shape index (κ1) is 21.9. The lowest BCUT2D eigenvalue weighted by Crippen LogP contribution is -2.44. The third-order valence-electron chi connectivity index (χ3n) is 5.20. The molecule has 0 N–H and O–H groups in total. The molecule has 2 aliphatic rings. The first-order chi connectivity index (χ1) is 15.0. The second kappa shape index (κ2) is 9.44. The molecule has 160 valence electrons. The number of hydrogen-bond acceptors (Lipinski definition) is 5. The van der Waals surface area contributed by atoms with E-state index in [4.69, 9.17) is 4.74 Å². The number of rotatable bonds is 5. The van der Waals surface area contributed by atoms with Gasteiger partial charge in [-0.15, -0.1) is 0 Å². The van der Waals surface area contributed by atoms with Crippen LogP contribution < -0.4 is 4.74 Å². The van der Waals surface area contributed by atoms with E-state index < -0.39 is 11.1 Å². The third-order valence-corrected chi connectivity index (χ3v) is 6.95. The van der Waals surface area contributed by atoms with Gasteiger partial charge in [-0.05, 0) is 82.6 Å². The second-order valence-electron chi connectivity index (χ2n) is 7.22. The molecule has 0 bridgehead atoms. The van der Waals surface area contributed by atoms with Gasteiger partial charge in [0.2, 0.25) is 5.91 Å². The summed E-state index contributed by atoms with van der Waals surface area (Å²) in [4.78, 5) is 41.1. The Balaban J connectivity index is 1.44. The highest BCUT2D eigenvalue weighted by atomic mass is 127. The van der Waals surface area contributed by atoms with Crippen LogP contribution in [0.2, 0.25) is 0 Å². The zero-order chi connectivity index (χ0) is 22.0. The number of amides is 3. The molecule has 0 unspecified atom stereocenters. The highest BCUT2D eigenvalue weighted by Gasteiger charge is 2.37. The molecular formula is C23H21IN2O4S. The minimum absolute atomic E-state index is 0.214. The fraction of sp³-hybridized carbons (Fsp3) is 0.261. The number of thioether (sulfide) groups is 1. The summed E-state index contributed by atoms with van der Waals surface area (Å²) in [5, 5.41) is -0.414. The molecule has 0 aromatic heterocycles. The number of carbonyl (C=O) groups excluding carboxylic acids is 3. The molecule has 3 amide bonds. The second-order valence-corrected chi connectivity index (χ2v) is 9.38. The number of ether oxygens (including phenoxy) is 1. The van der Waals surface area contributed by atoms with Crippen LogP contribution in [-0.4, -0.2) is 46.5 Å². The quantitative estimate of drug-likeness (QED) is 0.412. The van der Waals surface area contributed by atoms with Crippen molar-refractivity contribution in [3.63, 3.8) is 0 Å². The van der Waals surface area contributed by atoms with Crippen LogP contribution in [0.5, 0.6) is 5.75 Å². The summed E-state index contributed by atoms with van der Waals surface area (Å²) in [5.74, 6) is 0.139. The van der Waals surface area contributed by atoms with Crippen LogP contribution >= 0.6 is 34.4 Å². The predicted molar refractivity (Wildman–Crippen MR) is 129 cm³/mol. The molecule has 1 saturated heterocycles. The molecule has 0 radical (unpaired) electrons. The molecule has 0 atom stereocenters. The van der Waals surface area contributed by atoms with Gasteiger partial charge in [0.25, 0.3) is 11.1 Å². The predicted octanol–water partition coefficient (Wildman–Crippen LogP) is 4.31. The summed E-state index contributed by atoms with van der Waals surface area (Å²) in [5.41, 5.74) is 3.16. The summed E-state index contributed by atoms with van der Waals surface area (Å²) < 4.78 is 6.46. The van der Waals surface area contributed by atoms with Gasteiger partial charge in [-0.2, -0.15) is 0 Å². The van der Waals surface area contributed by atoms with E-state index in [0.29, 0.717) is 24.6 Å². The van der Waals surface area contributed by atoms with Crippen LogP contribution in [0.15, 0.2) is 47.4 Å². The molecule has 8 heteroatoms. The molecule has 2 aromatic rings. The zero-order valence-corrected chi connectivity index (χ0v) is 19.9. The Morgan fingerprint density at radius 2 is 1.97 bits per heavy atom. The summed E-state index contributed by atoms with van der Waals surface area (Å²) in [6.45, 7) is 3.36. The SMILES string of the molecule is CCOc1ccc(/C=C2\SC(=O)N(CC(=O)N3CCc4ccccc4C3)C2=O)cc1I. The van der Waals surface area contributed by atoms with E-state index in [1.54, 1.807) is 11.0 Å². The van der Waals surface area contributed by atoms with Gasteiger partial charge in [0.1, 0.15) is 12.3 Å². The number of fused-ring (bicyclic) bond motifs is 1. The Kier molecular flexibility index (Phi) is 6.66. The van der Waals surface area contributed by atoms with Crippen molar-refractivity contribution in [3.8, 4) is 5.75 Å². The van der Waals surface area contributed by atoms with Crippen molar-refractivity contribution in [2.45, 2.75) is 19.9 Å². The number of halogens is 1. The molecule has 0 aliphatic carbocycles. The summed E-state index contributed by atoms with van der Waals surface area (Å²) >= 11 is 3.05. The average molecular weight is 548 g/mol. The minimum atomic E-state index is -0.426. The molecule has 2 aliphatic heterocycles. The largest absolute Gasteiger partial charge is 0.493 e. The Bertz CT molecular complexity index is 1080. The summed E-state index contributed by atoms with van der Waals surface area (Å²) in [6.07, 6.45) is 2.46. The lowest BCUT2D eigenvalue weighted by Gasteiger charge is -2.29. The van der Waals surface area contributed by atoms with E-state index in [1.165, 1.54) is 5.56 Å². The Labute approximate surface area is 198 Å². The van der Waals surface area contributed by atoms with Gasteiger partial charge in [0, 0.05) is 13.1 Å². The number of hydrogen-bond donors (Lipinski definition) is 0. The van der Waals surface area contributed by atoms with Gasteiger partial charge < -0.3 is 9.64 Å².